The van der Waals surface area contributed by atoms with Gasteiger partial charge in [-0.05, 0) is 13.8 Å². The van der Waals surface area contributed by atoms with E-state index in [4.69, 9.17) is 0 Å². The van der Waals surface area contributed by atoms with Crippen LogP contribution >= 0.6 is 0 Å². The van der Waals surface area contributed by atoms with Crippen LogP contribution in [0, 0.1) is 10.1 Å². The third kappa shape index (κ3) is 1.54. The zero-order valence-electron chi connectivity index (χ0n) is 11.8. The highest BCUT2D eigenvalue weighted by atomic mass is 16.6. The molecule has 19 heavy (non-hydrogen) atoms. The van der Waals surface area contributed by atoms with Crippen LogP contribution in [0.4, 0.5) is 4.79 Å². The molecule has 106 valence electrons. The Morgan fingerprint density at radius 3 is 2.37 bits per heavy atom. The molecule has 0 aromatic rings. The molecule has 7 heteroatoms. The van der Waals surface area contributed by atoms with Gasteiger partial charge in [0.15, 0.2) is 6.04 Å². The summed E-state index contributed by atoms with van der Waals surface area (Å²) in [5.74, 6) is -0.686. The predicted molar refractivity (Wildman–Crippen MR) is 66.9 cm³/mol. The molecule has 2 fully saturated rings. The second kappa shape index (κ2) is 4.00. The van der Waals surface area contributed by atoms with Crippen LogP contribution in [0.15, 0.2) is 0 Å². The molecular weight excluding hydrogens is 250 g/mol. The summed E-state index contributed by atoms with van der Waals surface area (Å²) in [6.45, 7) is 4.83. The minimum absolute atomic E-state index is 0.0307. The maximum absolute atomic E-state index is 12.5. The Hall–Kier alpha value is -1.50. The van der Waals surface area contributed by atoms with Crippen LogP contribution < -0.4 is 0 Å². The molecular formula is C12H20N3O4+. The van der Waals surface area contributed by atoms with E-state index in [-0.39, 0.29) is 23.1 Å². The number of hydrogen-bond donors (Lipinski definition) is 0. The topological polar surface area (TPSA) is 80.5 Å². The number of likely N-dealkylation sites (N-methyl/N-ethyl adjacent to an activating group) is 2. The SMILES string of the molecule is CCN1C(=O)C(C)([N+](=O)[O-])C(C)[N+](C)(C2CC2)C1=O. The Balaban J connectivity index is 2.56. The van der Waals surface area contributed by atoms with Gasteiger partial charge >= 0.3 is 17.5 Å². The van der Waals surface area contributed by atoms with E-state index < -0.39 is 22.4 Å². The van der Waals surface area contributed by atoms with Gasteiger partial charge in [-0.3, -0.25) is 14.9 Å². The highest BCUT2D eigenvalue weighted by Crippen LogP contribution is 2.43. The molecule has 3 amide bonds. The molecule has 1 heterocycles. The summed E-state index contributed by atoms with van der Waals surface area (Å²) in [5, 5.41) is 11.4. The fraction of sp³-hybridized carbons (Fsp3) is 0.833. The number of nitrogens with zero attached hydrogens (tertiary/aromatic N) is 3. The van der Waals surface area contributed by atoms with Crippen LogP contribution in [0.5, 0.6) is 0 Å². The number of imide groups is 1. The molecule has 1 saturated heterocycles. The van der Waals surface area contributed by atoms with Gasteiger partial charge in [0.25, 0.3) is 0 Å². The zero-order valence-corrected chi connectivity index (χ0v) is 11.8. The lowest BCUT2D eigenvalue weighted by Gasteiger charge is -2.47. The lowest BCUT2D eigenvalue weighted by atomic mass is 9.87. The number of quaternary nitrogens is 1. The molecule has 3 atom stereocenters. The van der Waals surface area contributed by atoms with Gasteiger partial charge in [-0.15, -0.1) is 0 Å². The largest absolute Gasteiger partial charge is 0.426 e. The number of carbonyl (C=O) groups excluding carboxylic acids is 2. The van der Waals surface area contributed by atoms with Crippen molar-refractivity contribution in [3.05, 3.63) is 10.1 Å². The van der Waals surface area contributed by atoms with E-state index in [2.05, 4.69) is 0 Å². The maximum Gasteiger partial charge on any atom is 0.426 e. The number of amides is 3. The van der Waals surface area contributed by atoms with E-state index in [1.165, 1.54) is 6.92 Å². The highest BCUT2D eigenvalue weighted by molar-refractivity contribution is 5.99. The van der Waals surface area contributed by atoms with Gasteiger partial charge in [-0.25, -0.2) is 14.2 Å². The van der Waals surface area contributed by atoms with Crippen molar-refractivity contribution < 1.29 is 19.0 Å². The zero-order chi connectivity index (χ0) is 14.6. The Kier molecular flexibility index (Phi) is 2.93. The van der Waals surface area contributed by atoms with Crippen molar-refractivity contribution in [3.8, 4) is 0 Å². The smallest absolute Gasteiger partial charge is 0.266 e. The van der Waals surface area contributed by atoms with Crippen LogP contribution in [0.3, 0.4) is 0 Å². The summed E-state index contributed by atoms with van der Waals surface area (Å²) in [4.78, 5) is 36.8. The standard InChI is InChI=1S/C12H20N3O4/c1-5-13-10(16)12(3,14(18)19)8(2)15(4,11(13)17)9-6-7-9/h8-9H,5-7H2,1-4H3/q+1. The minimum atomic E-state index is -1.73. The Morgan fingerprint density at radius 2 is 2.00 bits per heavy atom. The van der Waals surface area contributed by atoms with E-state index in [1.807, 2.05) is 0 Å². The average molecular weight is 270 g/mol. The summed E-state index contributed by atoms with van der Waals surface area (Å²) in [6.07, 6.45) is 1.76. The van der Waals surface area contributed by atoms with E-state index in [0.717, 1.165) is 17.7 Å². The summed E-state index contributed by atoms with van der Waals surface area (Å²) in [5.41, 5.74) is -1.73. The molecule has 0 N–H and O–H groups in total. The van der Waals surface area contributed by atoms with Crippen molar-refractivity contribution >= 4 is 11.9 Å². The van der Waals surface area contributed by atoms with Crippen molar-refractivity contribution in [3.63, 3.8) is 0 Å². The molecule has 1 aliphatic carbocycles. The van der Waals surface area contributed by atoms with Crippen molar-refractivity contribution in [2.75, 3.05) is 13.6 Å². The Bertz CT molecular complexity index is 462. The van der Waals surface area contributed by atoms with E-state index in [1.54, 1.807) is 20.9 Å². The Morgan fingerprint density at radius 1 is 1.47 bits per heavy atom. The van der Waals surface area contributed by atoms with Crippen LogP contribution in [-0.4, -0.2) is 57.5 Å². The molecule has 0 aromatic heterocycles. The maximum atomic E-state index is 12.5. The summed E-state index contributed by atoms with van der Waals surface area (Å²) in [7, 11) is 1.72. The van der Waals surface area contributed by atoms with Crippen LogP contribution in [0.2, 0.25) is 0 Å². The first-order valence-corrected chi connectivity index (χ1v) is 6.59. The first-order valence-electron chi connectivity index (χ1n) is 6.59. The molecule has 7 nitrogen and oxygen atoms in total. The molecule has 0 bridgehead atoms. The van der Waals surface area contributed by atoms with Gasteiger partial charge in [0.05, 0.1) is 13.1 Å². The van der Waals surface area contributed by atoms with E-state index in [0.29, 0.717) is 0 Å². The lowest BCUT2D eigenvalue weighted by molar-refractivity contribution is -0.891. The van der Waals surface area contributed by atoms with Gasteiger partial charge in [0.2, 0.25) is 0 Å². The fourth-order valence-electron chi connectivity index (χ4n) is 3.08. The second-order valence-corrected chi connectivity index (χ2v) is 5.79. The van der Waals surface area contributed by atoms with Gasteiger partial charge in [-0.2, -0.15) is 0 Å². The normalized spacial score (nSPS) is 39.6. The molecule has 1 saturated carbocycles. The van der Waals surface area contributed by atoms with Crippen LogP contribution in [0.1, 0.15) is 33.6 Å². The molecule has 1 aliphatic heterocycles. The number of hydrogen-bond acceptors (Lipinski definition) is 4. The third-order valence-electron chi connectivity index (χ3n) is 4.94. The first-order chi connectivity index (χ1) is 8.72. The first kappa shape index (κ1) is 13.9. The van der Waals surface area contributed by atoms with Gasteiger partial charge in [0, 0.05) is 31.2 Å². The van der Waals surface area contributed by atoms with Crippen LogP contribution in [-0.2, 0) is 4.79 Å². The van der Waals surface area contributed by atoms with Gasteiger partial charge in [-0.1, -0.05) is 0 Å². The van der Waals surface area contributed by atoms with Gasteiger partial charge in [0.1, 0.15) is 0 Å². The lowest BCUT2D eigenvalue weighted by Crippen LogP contribution is -2.78. The summed E-state index contributed by atoms with van der Waals surface area (Å²) >= 11 is 0. The van der Waals surface area contributed by atoms with E-state index in [9.17, 15) is 19.7 Å². The second-order valence-electron chi connectivity index (χ2n) is 5.79. The minimum Gasteiger partial charge on any atom is -0.266 e. The number of urea groups is 1. The molecule has 0 spiro atoms. The average Bonchev–Trinajstić information content (AvgIpc) is 3.19. The molecule has 0 aromatic carbocycles. The van der Waals surface area contributed by atoms with Crippen molar-refractivity contribution in [1.29, 1.82) is 0 Å². The third-order valence-corrected chi connectivity index (χ3v) is 4.94. The van der Waals surface area contributed by atoms with E-state index >= 15 is 0 Å². The predicted octanol–water partition coefficient (Wildman–Crippen LogP) is 1.00. The van der Waals surface area contributed by atoms with Crippen molar-refractivity contribution in [1.82, 2.24) is 4.90 Å². The molecule has 2 rings (SSSR count). The number of carbonyl (C=O) groups is 2. The Labute approximate surface area is 111 Å². The van der Waals surface area contributed by atoms with Crippen molar-refractivity contribution in [2.24, 2.45) is 0 Å². The number of rotatable bonds is 3. The monoisotopic (exact) mass is 270 g/mol. The summed E-state index contributed by atoms with van der Waals surface area (Å²) < 4.78 is -0.0307. The quantitative estimate of drug-likeness (QED) is 0.435. The van der Waals surface area contributed by atoms with Crippen LogP contribution in [0.25, 0.3) is 0 Å². The fourth-order valence-corrected chi connectivity index (χ4v) is 3.08. The van der Waals surface area contributed by atoms with Crippen molar-refractivity contribution in [2.45, 2.75) is 51.2 Å². The molecule has 3 unspecified atom stereocenters. The summed E-state index contributed by atoms with van der Waals surface area (Å²) in [6, 6.07) is -0.858. The molecule has 0 radical (unpaired) electrons. The highest BCUT2D eigenvalue weighted by Gasteiger charge is 2.71. The number of nitro groups is 1. The molecule has 2 aliphatic rings. The van der Waals surface area contributed by atoms with Gasteiger partial charge < -0.3 is 0 Å².